The Balaban J connectivity index is 2.22. The van der Waals surface area contributed by atoms with Crippen LogP contribution in [0.25, 0.3) is 10.6 Å². The number of likely N-dealkylation sites (N-methyl/N-ethyl adjacent to an activating group) is 1. The summed E-state index contributed by atoms with van der Waals surface area (Å²) in [7, 11) is 3.96. The van der Waals surface area contributed by atoms with E-state index < -0.39 is 0 Å². The van der Waals surface area contributed by atoms with E-state index in [2.05, 4.69) is 34.0 Å². The summed E-state index contributed by atoms with van der Waals surface area (Å²) >= 11 is 1.75. The minimum Gasteiger partial charge on any atom is -0.319 e. The lowest BCUT2D eigenvalue weighted by Gasteiger charge is -1.95. The van der Waals surface area contributed by atoms with Gasteiger partial charge in [0.1, 0.15) is 0 Å². The third-order valence-corrected chi connectivity index (χ3v) is 3.23. The van der Waals surface area contributed by atoms with E-state index in [1.807, 2.05) is 18.8 Å². The van der Waals surface area contributed by atoms with Gasteiger partial charge in [0.25, 0.3) is 0 Å². The molecule has 0 spiro atoms. The van der Waals surface area contributed by atoms with Gasteiger partial charge in [-0.3, -0.25) is 4.68 Å². The fourth-order valence-corrected chi connectivity index (χ4v) is 2.33. The fraction of sp³-hybridized carbons (Fsp3) is 0.364. The average molecular weight is 221 g/mol. The molecule has 2 rings (SSSR count). The molecule has 0 bridgehead atoms. The number of hydrogen-bond acceptors (Lipinski definition) is 3. The molecule has 1 N–H and O–H groups in total. The predicted molar refractivity (Wildman–Crippen MR) is 64.2 cm³/mol. The Morgan fingerprint density at radius 2 is 2.40 bits per heavy atom. The van der Waals surface area contributed by atoms with Gasteiger partial charge in [0.05, 0.1) is 16.3 Å². The highest BCUT2D eigenvalue weighted by Crippen LogP contribution is 2.24. The molecule has 4 heteroatoms. The van der Waals surface area contributed by atoms with Crippen molar-refractivity contribution >= 4 is 11.3 Å². The van der Waals surface area contributed by atoms with Crippen molar-refractivity contribution in [2.24, 2.45) is 7.05 Å². The van der Waals surface area contributed by atoms with Crippen molar-refractivity contribution in [1.29, 1.82) is 0 Å². The van der Waals surface area contributed by atoms with Crippen LogP contribution in [0.3, 0.4) is 0 Å². The van der Waals surface area contributed by atoms with Crippen LogP contribution in [-0.4, -0.2) is 23.4 Å². The van der Waals surface area contributed by atoms with Crippen LogP contribution in [0.5, 0.6) is 0 Å². The zero-order valence-corrected chi connectivity index (χ0v) is 9.84. The zero-order valence-electron chi connectivity index (χ0n) is 9.03. The van der Waals surface area contributed by atoms with Crippen LogP contribution in [0.4, 0.5) is 0 Å². The van der Waals surface area contributed by atoms with Gasteiger partial charge < -0.3 is 5.32 Å². The molecule has 2 aromatic rings. The number of nitrogens with one attached hydrogen (secondary N) is 1. The molecule has 3 nitrogen and oxygen atoms in total. The molecular formula is C11H15N3S. The minimum absolute atomic E-state index is 0.973. The molecule has 0 atom stereocenters. The monoisotopic (exact) mass is 221 g/mol. The first-order chi connectivity index (χ1) is 7.31. The maximum atomic E-state index is 4.49. The lowest BCUT2D eigenvalue weighted by Crippen LogP contribution is -2.10. The highest BCUT2D eigenvalue weighted by atomic mass is 32.1. The first kappa shape index (κ1) is 10.4. The second kappa shape index (κ2) is 4.59. The van der Waals surface area contributed by atoms with Crippen molar-refractivity contribution < 1.29 is 0 Å². The van der Waals surface area contributed by atoms with Gasteiger partial charge in [0.15, 0.2) is 0 Å². The van der Waals surface area contributed by atoms with E-state index in [9.17, 15) is 0 Å². The van der Waals surface area contributed by atoms with E-state index in [4.69, 9.17) is 0 Å². The molecule has 0 saturated heterocycles. The number of aromatic nitrogens is 2. The van der Waals surface area contributed by atoms with Crippen LogP contribution in [0.2, 0.25) is 0 Å². The molecule has 0 amide bonds. The van der Waals surface area contributed by atoms with E-state index in [1.54, 1.807) is 11.3 Å². The lowest BCUT2D eigenvalue weighted by molar-refractivity contribution is 0.721. The minimum atomic E-state index is 0.973. The molecule has 0 aliphatic rings. The Hall–Kier alpha value is -1.13. The molecule has 80 valence electrons. The molecule has 0 aliphatic carbocycles. The number of thiophene rings is 1. The van der Waals surface area contributed by atoms with Gasteiger partial charge in [-0.2, -0.15) is 5.10 Å². The predicted octanol–water partition coefficient (Wildman–Crippen LogP) is 1.91. The fourth-order valence-electron chi connectivity index (χ4n) is 1.56. The molecule has 0 aromatic carbocycles. The standard InChI is InChI=1S/C11H15N3S/c1-12-6-5-9-8-10(14(2)13-9)11-4-3-7-15-11/h3-4,7-8,12H,5-6H2,1-2H3. The number of hydrogen-bond donors (Lipinski definition) is 1. The van der Waals surface area contributed by atoms with Crippen LogP contribution in [-0.2, 0) is 13.5 Å². The van der Waals surface area contributed by atoms with Gasteiger partial charge >= 0.3 is 0 Å². The summed E-state index contributed by atoms with van der Waals surface area (Å²) in [6.45, 7) is 0.973. The Morgan fingerprint density at radius 1 is 1.53 bits per heavy atom. The maximum absolute atomic E-state index is 4.49. The molecule has 2 heterocycles. The van der Waals surface area contributed by atoms with Gasteiger partial charge in [-0.15, -0.1) is 11.3 Å². The molecular weight excluding hydrogens is 206 g/mol. The molecule has 0 radical (unpaired) electrons. The molecule has 0 aliphatic heterocycles. The Kier molecular flexibility index (Phi) is 3.18. The average Bonchev–Trinajstić information content (AvgIpc) is 2.83. The van der Waals surface area contributed by atoms with E-state index in [0.717, 1.165) is 18.7 Å². The van der Waals surface area contributed by atoms with Gasteiger partial charge in [0, 0.05) is 20.0 Å². The molecule has 0 unspecified atom stereocenters. The summed E-state index contributed by atoms with van der Waals surface area (Å²) in [4.78, 5) is 1.28. The summed E-state index contributed by atoms with van der Waals surface area (Å²) in [6.07, 6.45) is 0.982. The van der Waals surface area contributed by atoms with Gasteiger partial charge in [-0.1, -0.05) is 6.07 Å². The molecule has 0 saturated carbocycles. The number of aryl methyl sites for hydroxylation is 1. The summed E-state index contributed by atoms with van der Waals surface area (Å²) in [5, 5.41) is 9.71. The topological polar surface area (TPSA) is 29.9 Å². The third kappa shape index (κ3) is 2.27. The van der Waals surface area contributed by atoms with Crippen molar-refractivity contribution in [2.45, 2.75) is 6.42 Å². The van der Waals surface area contributed by atoms with Crippen LogP contribution >= 0.6 is 11.3 Å². The largest absolute Gasteiger partial charge is 0.319 e. The zero-order chi connectivity index (χ0) is 10.7. The van der Waals surface area contributed by atoms with Crippen molar-refractivity contribution in [2.75, 3.05) is 13.6 Å². The highest BCUT2D eigenvalue weighted by Gasteiger charge is 2.07. The van der Waals surface area contributed by atoms with Crippen LogP contribution in [0.1, 0.15) is 5.69 Å². The first-order valence-electron chi connectivity index (χ1n) is 5.02. The molecule has 15 heavy (non-hydrogen) atoms. The van der Waals surface area contributed by atoms with Crippen LogP contribution in [0, 0.1) is 0 Å². The summed E-state index contributed by atoms with van der Waals surface area (Å²) in [6, 6.07) is 6.37. The van der Waals surface area contributed by atoms with E-state index in [0.29, 0.717) is 0 Å². The van der Waals surface area contributed by atoms with Gasteiger partial charge in [0.2, 0.25) is 0 Å². The summed E-state index contributed by atoms with van der Waals surface area (Å²) < 4.78 is 1.96. The summed E-state index contributed by atoms with van der Waals surface area (Å²) in [5.74, 6) is 0. The highest BCUT2D eigenvalue weighted by molar-refractivity contribution is 7.13. The Labute approximate surface area is 93.7 Å². The maximum Gasteiger partial charge on any atom is 0.0781 e. The van der Waals surface area contributed by atoms with Crippen molar-refractivity contribution in [1.82, 2.24) is 15.1 Å². The van der Waals surface area contributed by atoms with Gasteiger partial charge in [-0.05, 0) is 24.6 Å². The smallest absolute Gasteiger partial charge is 0.0781 e. The second-order valence-electron chi connectivity index (χ2n) is 3.48. The normalized spacial score (nSPS) is 10.8. The number of nitrogens with zero attached hydrogens (tertiary/aromatic N) is 2. The van der Waals surface area contributed by atoms with Crippen molar-refractivity contribution in [3.63, 3.8) is 0 Å². The number of rotatable bonds is 4. The van der Waals surface area contributed by atoms with Gasteiger partial charge in [-0.25, -0.2) is 0 Å². The van der Waals surface area contributed by atoms with E-state index in [-0.39, 0.29) is 0 Å². The van der Waals surface area contributed by atoms with E-state index >= 15 is 0 Å². The molecule has 0 fully saturated rings. The lowest BCUT2D eigenvalue weighted by atomic mass is 10.2. The Bertz CT molecular complexity index is 417. The SMILES string of the molecule is CNCCc1cc(-c2cccs2)n(C)n1. The van der Waals surface area contributed by atoms with Crippen LogP contribution < -0.4 is 5.32 Å². The third-order valence-electron chi connectivity index (χ3n) is 2.34. The molecule has 2 aromatic heterocycles. The van der Waals surface area contributed by atoms with E-state index in [1.165, 1.54) is 10.6 Å². The van der Waals surface area contributed by atoms with Crippen molar-refractivity contribution in [3.8, 4) is 10.6 Å². The van der Waals surface area contributed by atoms with Crippen molar-refractivity contribution in [3.05, 3.63) is 29.3 Å². The Morgan fingerprint density at radius 3 is 3.07 bits per heavy atom. The quantitative estimate of drug-likeness (QED) is 0.854. The van der Waals surface area contributed by atoms with Crippen LogP contribution in [0.15, 0.2) is 23.6 Å². The summed E-state index contributed by atoms with van der Waals surface area (Å²) in [5.41, 5.74) is 2.35. The second-order valence-corrected chi connectivity index (χ2v) is 4.42. The first-order valence-corrected chi connectivity index (χ1v) is 5.90.